The number of hydrogen-bond acceptors (Lipinski definition) is 2. The number of fused-ring (bicyclic) bond motifs is 2. The zero-order valence-corrected chi connectivity index (χ0v) is 15.4. The van der Waals surface area contributed by atoms with E-state index in [0.717, 1.165) is 16.7 Å². The van der Waals surface area contributed by atoms with E-state index in [1.54, 1.807) is 0 Å². The fraction of sp³-hybridized carbons (Fsp3) is 0.333. The average molecular weight is 332 g/mol. The second-order valence-electron chi connectivity index (χ2n) is 7.69. The summed E-state index contributed by atoms with van der Waals surface area (Å²) in [7, 11) is 0. The molecule has 4 rings (SSSR count). The maximum atomic E-state index is 4.75. The van der Waals surface area contributed by atoms with Crippen molar-refractivity contribution in [2.45, 2.75) is 46.0 Å². The Bertz CT molecular complexity index is 1070. The molecule has 2 N–H and O–H groups in total. The Morgan fingerprint density at radius 2 is 1.92 bits per heavy atom. The lowest BCUT2D eigenvalue weighted by Gasteiger charge is -2.28. The van der Waals surface area contributed by atoms with Gasteiger partial charge in [0.25, 0.3) is 0 Å². The number of aryl methyl sites for hydroxylation is 1. The normalized spacial score (nSPS) is 12.6. The summed E-state index contributed by atoms with van der Waals surface area (Å²) < 4.78 is 0. The molecule has 0 bridgehead atoms. The molecule has 4 heteroatoms. The van der Waals surface area contributed by atoms with Gasteiger partial charge >= 0.3 is 0 Å². The predicted octanol–water partition coefficient (Wildman–Crippen LogP) is 5.20. The molecule has 0 radical (unpaired) electrons. The first-order valence-corrected chi connectivity index (χ1v) is 8.81. The number of pyridine rings is 1. The van der Waals surface area contributed by atoms with Crippen molar-refractivity contribution >= 4 is 21.8 Å². The van der Waals surface area contributed by atoms with Crippen LogP contribution in [0.2, 0.25) is 0 Å². The van der Waals surface area contributed by atoms with E-state index in [9.17, 15) is 0 Å². The third kappa shape index (κ3) is 2.28. The van der Waals surface area contributed by atoms with E-state index in [1.807, 2.05) is 24.7 Å². The molecule has 4 nitrogen and oxygen atoms in total. The molecule has 0 aliphatic rings. The highest BCUT2D eigenvalue weighted by atomic mass is 15.1. The molecule has 1 aromatic carbocycles. The number of aromatic nitrogens is 4. The van der Waals surface area contributed by atoms with E-state index in [0.29, 0.717) is 5.92 Å². The molecule has 4 aromatic rings. The van der Waals surface area contributed by atoms with Gasteiger partial charge in [0.05, 0.1) is 17.4 Å². The maximum Gasteiger partial charge on any atom is 0.0690 e. The minimum absolute atomic E-state index is 0.232. The van der Waals surface area contributed by atoms with Gasteiger partial charge in [0, 0.05) is 34.1 Å². The molecular formula is C21H24N4. The van der Waals surface area contributed by atoms with Crippen LogP contribution < -0.4 is 0 Å². The topological polar surface area (TPSA) is 57.4 Å². The molecule has 0 amide bonds. The summed E-state index contributed by atoms with van der Waals surface area (Å²) in [6.45, 7) is 11.2. The second kappa shape index (κ2) is 5.45. The van der Waals surface area contributed by atoms with Gasteiger partial charge in [0.1, 0.15) is 0 Å². The number of nitrogens with zero attached hydrogens (tertiary/aromatic N) is 2. The van der Waals surface area contributed by atoms with Crippen LogP contribution in [0.3, 0.4) is 0 Å². The lowest BCUT2D eigenvalue weighted by Crippen LogP contribution is -2.22. The minimum Gasteiger partial charge on any atom is -0.361 e. The number of benzene rings is 1. The van der Waals surface area contributed by atoms with E-state index in [2.05, 4.69) is 61.9 Å². The summed E-state index contributed by atoms with van der Waals surface area (Å²) in [5.74, 6) is 0.450. The molecule has 25 heavy (non-hydrogen) atoms. The molecule has 0 saturated heterocycles. The fourth-order valence-corrected chi connectivity index (χ4v) is 4.13. The number of rotatable bonds is 3. The summed E-state index contributed by atoms with van der Waals surface area (Å²) in [5.41, 5.74) is 7.04. The van der Waals surface area contributed by atoms with Crippen molar-refractivity contribution in [3.05, 3.63) is 59.2 Å². The van der Waals surface area contributed by atoms with Gasteiger partial charge < -0.3 is 4.98 Å². The summed E-state index contributed by atoms with van der Waals surface area (Å²) in [5, 5.41) is 9.95. The van der Waals surface area contributed by atoms with Gasteiger partial charge in [0.15, 0.2) is 0 Å². The van der Waals surface area contributed by atoms with Crippen molar-refractivity contribution in [1.29, 1.82) is 0 Å². The third-order valence-corrected chi connectivity index (χ3v) is 5.31. The van der Waals surface area contributed by atoms with Gasteiger partial charge in [-0.3, -0.25) is 10.1 Å². The van der Waals surface area contributed by atoms with Gasteiger partial charge in [-0.2, -0.15) is 5.10 Å². The summed E-state index contributed by atoms with van der Waals surface area (Å²) >= 11 is 0. The number of H-pyrrole nitrogens is 2. The number of nitrogens with one attached hydrogen (secondary N) is 2. The molecule has 0 spiro atoms. The lowest BCUT2D eigenvalue weighted by atomic mass is 9.76. The van der Waals surface area contributed by atoms with Gasteiger partial charge in [0.2, 0.25) is 0 Å². The van der Waals surface area contributed by atoms with Crippen molar-refractivity contribution in [3.8, 4) is 0 Å². The zero-order chi connectivity index (χ0) is 17.8. The third-order valence-electron chi connectivity index (χ3n) is 5.31. The molecule has 128 valence electrons. The molecular weight excluding hydrogens is 308 g/mol. The van der Waals surface area contributed by atoms with E-state index < -0.39 is 0 Å². The van der Waals surface area contributed by atoms with Gasteiger partial charge in [-0.25, -0.2) is 0 Å². The van der Waals surface area contributed by atoms with E-state index in [4.69, 9.17) is 4.98 Å². The average Bonchev–Trinajstić information content (AvgIpc) is 3.21. The quantitative estimate of drug-likeness (QED) is 0.542. The largest absolute Gasteiger partial charge is 0.361 e. The monoisotopic (exact) mass is 332 g/mol. The lowest BCUT2D eigenvalue weighted by molar-refractivity contribution is 0.629. The van der Waals surface area contributed by atoms with Crippen LogP contribution in [0.5, 0.6) is 0 Å². The van der Waals surface area contributed by atoms with Gasteiger partial charge in [-0.1, -0.05) is 33.8 Å². The highest BCUT2D eigenvalue weighted by Gasteiger charge is 2.30. The van der Waals surface area contributed by atoms with Crippen LogP contribution in [-0.2, 0) is 5.41 Å². The Morgan fingerprint density at radius 3 is 2.68 bits per heavy atom. The van der Waals surface area contributed by atoms with Crippen LogP contribution in [0.1, 0.15) is 56.0 Å². The van der Waals surface area contributed by atoms with Crippen molar-refractivity contribution in [3.63, 3.8) is 0 Å². The second-order valence-corrected chi connectivity index (χ2v) is 7.69. The van der Waals surface area contributed by atoms with E-state index in [1.165, 1.54) is 27.5 Å². The zero-order valence-electron chi connectivity index (χ0n) is 15.4. The summed E-state index contributed by atoms with van der Waals surface area (Å²) in [6.07, 6.45) is 5.82. The summed E-state index contributed by atoms with van der Waals surface area (Å²) in [6, 6.07) is 6.46. The summed E-state index contributed by atoms with van der Waals surface area (Å²) in [4.78, 5) is 8.05. The van der Waals surface area contributed by atoms with Crippen molar-refractivity contribution in [2.75, 3.05) is 0 Å². The molecule has 0 atom stereocenters. The Balaban J connectivity index is 2.02. The maximum absolute atomic E-state index is 4.75. The van der Waals surface area contributed by atoms with Crippen LogP contribution >= 0.6 is 0 Å². The molecule has 3 aromatic heterocycles. The highest BCUT2D eigenvalue weighted by Crippen LogP contribution is 2.40. The Hall–Kier alpha value is -2.62. The molecule has 0 aliphatic carbocycles. The van der Waals surface area contributed by atoms with Gasteiger partial charge in [-0.05, 0) is 41.7 Å². The van der Waals surface area contributed by atoms with Crippen LogP contribution in [0.25, 0.3) is 21.8 Å². The number of aromatic amines is 2. The molecule has 0 saturated carbocycles. The smallest absolute Gasteiger partial charge is 0.0690 e. The Kier molecular flexibility index (Phi) is 3.46. The van der Waals surface area contributed by atoms with Crippen LogP contribution in [-0.4, -0.2) is 20.2 Å². The SMILES string of the molecule is Cc1cc(C(C)(C)c2nccc3[nH]ccc23)c2cn[nH]c2c1C(C)C. The van der Waals surface area contributed by atoms with Crippen molar-refractivity contribution in [2.24, 2.45) is 0 Å². The number of hydrogen-bond donors (Lipinski definition) is 2. The first-order valence-electron chi connectivity index (χ1n) is 8.81. The van der Waals surface area contributed by atoms with E-state index in [-0.39, 0.29) is 5.41 Å². The van der Waals surface area contributed by atoms with Crippen LogP contribution in [0.15, 0.2) is 36.8 Å². The molecule has 0 unspecified atom stereocenters. The predicted molar refractivity (Wildman–Crippen MR) is 103 cm³/mol. The van der Waals surface area contributed by atoms with Gasteiger partial charge in [-0.15, -0.1) is 0 Å². The standard InChI is InChI=1S/C21H24N4/c1-12(2)18-13(3)10-16(15-11-24-25-19(15)18)21(4,5)20-14-6-8-22-17(14)7-9-23-20/h6-12,22H,1-5H3,(H,24,25). The minimum atomic E-state index is -0.232. The molecule has 0 fully saturated rings. The van der Waals surface area contributed by atoms with Crippen LogP contribution in [0.4, 0.5) is 0 Å². The Morgan fingerprint density at radius 1 is 1.12 bits per heavy atom. The first-order chi connectivity index (χ1) is 11.9. The van der Waals surface area contributed by atoms with Crippen molar-refractivity contribution in [1.82, 2.24) is 20.2 Å². The first kappa shape index (κ1) is 15.9. The highest BCUT2D eigenvalue weighted by molar-refractivity contribution is 5.90. The van der Waals surface area contributed by atoms with Crippen LogP contribution in [0, 0.1) is 6.92 Å². The van der Waals surface area contributed by atoms with Crippen molar-refractivity contribution < 1.29 is 0 Å². The molecule has 0 aliphatic heterocycles. The Labute approximate surface area is 147 Å². The van der Waals surface area contributed by atoms with E-state index >= 15 is 0 Å². The fourth-order valence-electron chi connectivity index (χ4n) is 4.13. The molecule has 3 heterocycles.